The third-order valence-electron chi connectivity index (χ3n) is 2.95. The molecule has 5 nitrogen and oxygen atoms in total. The molecule has 1 aromatic heterocycles. The van der Waals surface area contributed by atoms with Crippen molar-refractivity contribution >= 4 is 27.1 Å². The zero-order valence-electron chi connectivity index (χ0n) is 12.3. The zero-order chi connectivity index (χ0) is 16.2. The van der Waals surface area contributed by atoms with Crippen molar-refractivity contribution in [3.05, 3.63) is 46.7 Å². The first-order valence-electron chi connectivity index (χ1n) is 6.63. The van der Waals surface area contributed by atoms with Crippen LogP contribution in [0.1, 0.15) is 11.8 Å². The number of amides is 1. The molecular formula is C15H17NO4S2. The predicted octanol–water partition coefficient (Wildman–Crippen LogP) is 2.24. The summed E-state index contributed by atoms with van der Waals surface area (Å²) >= 11 is 1.57. The summed E-state index contributed by atoms with van der Waals surface area (Å²) in [6, 6.07) is 9.87. The predicted molar refractivity (Wildman–Crippen MR) is 85.8 cm³/mol. The van der Waals surface area contributed by atoms with Crippen molar-refractivity contribution in [2.45, 2.75) is 24.5 Å². The standard InChI is InChI=1S/C15H17NO4S2/c1-11(15(17)16-10-13-4-3-9-21-13)20-12-5-7-14(8-6-12)22(2,18)19/h3-9,11H,10H2,1-2H3,(H,16,17). The van der Waals surface area contributed by atoms with Crippen molar-refractivity contribution < 1.29 is 17.9 Å². The normalized spacial score (nSPS) is 12.6. The Bertz CT molecular complexity index is 721. The molecule has 1 N–H and O–H groups in total. The fourth-order valence-corrected chi connectivity index (χ4v) is 3.03. The van der Waals surface area contributed by atoms with Crippen LogP contribution >= 0.6 is 11.3 Å². The van der Waals surface area contributed by atoms with Crippen molar-refractivity contribution in [2.75, 3.05) is 6.26 Å². The van der Waals surface area contributed by atoms with Gasteiger partial charge >= 0.3 is 0 Å². The molecule has 1 heterocycles. The second-order valence-electron chi connectivity index (χ2n) is 4.80. The van der Waals surface area contributed by atoms with Gasteiger partial charge in [0.1, 0.15) is 5.75 Å². The molecule has 0 saturated carbocycles. The number of nitrogens with one attached hydrogen (secondary N) is 1. The van der Waals surface area contributed by atoms with E-state index in [9.17, 15) is 13.2 Å². The first-order valence-corrected chi connectivity index (χ1v) is 9.40. The molecule has 0 fully saturated rings. The highest BCUT2D eigenvalue weighted by atomic mass is 32.2. The molecule has 0 spiro atoms. The van der Waals surface area contributed by atoms with E-state index >= 15 is 0 Å². The quantitative estimate of drug-likeness (QED) is 0.876. The summed E-state index contributed by atoms with van der Waals surface area (Å²) in [7, 11) is -3.23. The number of sulfone groups is 1. The third kappa shape index (κ3) is 4.57. The Balaban J connectivity index is 1.90. The maximum Gasteiger partial charge on any atom is 0.261 e. The van der Waals surface area contributed by atoms with Gasteiger partial charge in [0.25, 0.3) is 5.91 Å². The highest BCUT2D eigenvalue weighted by Gasteiger charge is 2.15. The summed E-state index contributed by atoms with van der Waals surface area (Å²) in [6.07, 6.45) is 0.479. The van der Waals surface area contributed by atoms with Crippen LogP contribution in [0, 0.1) is 0 Å². The molecule has 2 rings (SSSR count). The first kappa shape index (κ1) is 16.5. The second kappa shape index (κ2) is 6.93. The van der Waals surface area contributed by atoms with Gasteiger partial charge in [-0.25, -0.2) is 8.42 Å². The SMILES string of the molecule is CC(Oc1ccc(S(C)(=O)=O)cc1)C(=O)NCc1cccs1. The highest BCUT2D eigenvalue weighted by molar-refractivity contribution is 7.90. The molecule has 1 aromatic carbocycles. The molecule has 0 aliphatic heterocycles. The molecule has 0 saturated heterocycles. The van der Waals surface area contributed by atoms with E-state index in [1.165, 1.54) is 12.1 Å². The number of carbonyl (C=O) groups excluding carboxylic acids is 1. The summed E-state index contributed by atoms with van der Waals surface area (Å²) < 4.78 is 28.2. The maximum atomic E-state index is 11.9. The van der Waals surface area contributed by atoms with Gasteiger partial charge in [-0.3, -0.25) is 4.79 Å². The largest absolute Gasteiger partial charge is 0.481 e. The van der Waals surface area contributed by atoms with E-state index in [2.05, 4.69) is 5.32 Å². The van der Waals surface area contributed by atoms with E-state index in [1.54, 1.807) is 30.4 Å². The van der Waals surface area contributed by atoms with Crippen LogP contribution in [0.3, 0.4) is 0 Å². The third-order valence-corrected chi connectivity index (χ3v) is 4.96. The summed E-state index contributed by atoms with van der Waals surface area (Å²) in [5, 5.41) is 4.74. The summed E-state index contributed by atoms with van der Waals surface area (Å²) in [6.45, 7) is 2.12. The van der Waals surface area contributed by atoms with Gasteiger partial charge in [-0.05, 0) is 42.6 Å². The van der Waals surface area contributed by atoms with Gasteiger partial charge < -0.3 is 10.1 Å². The first-order chi connectivity index (χ1) is 10.4. The fourth-order valence-electron chi connectivity index (χ4n) is 1.75. The second-order valence-corrected chi connectivity index (χ2v) is 7.85. The molecule has 2 aromatic rings. The Labute approximate surface area is 133 Å². The molecule has 1 atom stereocenters. The maximum absolute atomic E-state index is 11.9. The van der Waals surface area contributed by atoms with E-state index in [1.807, 2.05) is 17.5 Å². The lowest BCUT2D eigenvalue weighted by Gasteiger charge is -2.14. The zero-order valence-corrected chi connectivity index (χ0v) is 13.9. The average Bonchev–Trinajstić information content (AvgIpc) is 2.97. The number of benzene rings is 1. The lowest BCUT2D eigenvalue weighted by Crippen LogP contribution is -2.35. The van der Waals surface area contributed by atoms with Gasteiger partial charge in [0, 0.05) is 11.1 Å². The van der Waals surface area contributed by atoms with Crippen molar-refractivity contribution in [3.63, 3.8) is 0 Å². The average molecular weight is 339 g/mol. The van der Waals surface area contributed by atoms with Crippen LogP contribution in [-0.2, 0) is 21.2 Å². The van der Waals surface area contributed by atoms with Crippen molar-refractivity contribution in [3.8, 4) is 5.75 Å². The van der Waals surface area contributed by atoms with Gasteiger partial charge in [-0.1, -0.05) is 6.07 Å². The highest BCUT2D eigenvalue weighted by Crippen LogP contribution is 2.17. The van der Waals surface area contributed by atoms with Crippen LogP contribution in [0.15, 0.2) is 46.7 Å². The molecule has 22 heavy (non-hydrogen) atoms. The topological polar surface area (TPSA) is 72.5 Å². The van der Waals surface area contributed by atoms with Gasteiger partial charge in [0.2, 0.25) is 0 Å². The van der Waals surface area contributed by atoms with Crippen LogP contribution in [0.2, 0.25) is 0 Å². The van der Waals surface area contributed by atoms with E-state index in [0.717, 1.165) is 11.1 Å². The lowest BCUT2D eigenvalue weighted by atomic mass is 10.3. The lowest BCUT2D eigenvalue weighted by molar-refractivity contribution is -0.127. The van der Waals surface area contributed by atoms with Crippen molar-refractivity contribution in [1.29, 1.82) is 0 Å². The van der Waals surface area contributed by atoms with Gasteiger partial charge in [0.15, 0.2) is 15.9 Å². The van der Waals surface area contributed by atoms with Crippen LogP contribution in [0.4, 0.5) is 0 Å². The Hall–Kier alpha value is -1.86. The number of thiophene rings is 1. The Morgan fingerprint density at radius 2 is 1.95 bits per heavy atom. The minimum Gasteiger partial charge on any atom is -0.481 e. The molecule has 0 aliphatic carbocycles. The number of rotatable bonds is 6. The summed E-state index contributed by atoms with van der Waals surface area (Å²) in [5.41, 5.74) is 0. The molecule has 1 amide bonds. The molecule has 0 bridgehead atoms. The van der Waals surface area contributed by atoms with Crippen molar-refractivity contribution in [2.24, 2.45) is 0 Å². The van der Waals surface area contributed by atoms with Gasteiger partial charge in [0.05, 0.1) is 11.4 Å². The van der Waals surface area contributed by atoms with Gasteiger partial charge in [-0.15, -0.1) is 11.3 Å². The fraction of sp³-hybridized carbons (Fsp3) is 0.267. The van der Waals surface area contributed by atoms with Crippen molar-refractivity contribution in [1.82, 2.24) is 5.32 Å². The molecule has 0 aliphatic rings. The molecule has 1 unspecified atom stereocenters. The molecule has 7 heteroatoms. The van der Waals surface area contributed by atoms with Crippen LogP contribution in [-0.4, -0.2) is 26.7 Å². The monoisotopic (exact) mass is 339 g/mol. The Morgan fingerprint density at radius 1 is 1.27 bits per heavy atom. The molecule has 118 valence electrons. The van der Waals surface area contributed by atoms with Crippen LogP contribution < -0.4 is 10.1 Å². The van der Waals surface area contributed by atoms with E-state index < -0.39 is 15.9 Å². The summed E-state index contributed by atoms with van der Waals surface area (Å²) in [5.74, 6) is 0.228. The van der Waals surface area contributed by atoms with Crippen LogP contribution in [0.25, 0.3) is 0 Å². The van der Waals surface area contributed by atoms with E-state index in [4.69, 9.17) is 4.74 Å². The Morgan fingerprint density at radius 3 is 2.50 bits per heavy atom. The number of hydrogen-bond donors (Lipinski definition) is 1. The van der Waals surface area contributed by atoms with Crippen LogP contribution in [0.5, 0.6) is 5.75 Å². The smallest absolute Gasteiger partial charge is 0.261 e. The molecular weight excluding hydrogens is 322 g/mol. The number of ether oxygens (including phenoxy) is 1. The number of hydrogen-bond acceptors (Lipinski definition) is 5. The Kier molecular flexibility index (Phi) is 5.20. The van der Waals surface area contributed by atoms with Gasteiger partial charge in [-0.2, -0.15) is 0 Å². The summed E-state index contributed by atoms with van der Waals surface area (Å²) in [4.78, 5) is 13.2. The molecule has 0 radical (unpaired) electrons. The van der Waals surface area contributed by atoms with E-state index in [0.29, 0.717) is 12.3 Å². The number of carbonyl (C=O) groups is 1. The van der Waals surface area contributed by atoms with E-state index in [-0.39, 0.29) is 10.8 Å². The minimum atomic E-state index is -3.23. The minimum absolute atomic E-state index is 0.217.